The number of hydrogen-bond donors (Lipinski definition) is 2. The number of carbonyl (C=O) groups excluding carboxylic acids is 2. The van der Waals surface area contributed by atoms with E-state index in [0.717, 1.165) is 70.5 Å². The molecule has 6 nitrogen and oxygen atoms in total. The highest BCUT2D eigenvalue weighted by molar-refractivity contribution is 6.30. The average molecular weight is 471 g/mol. The molecule has 0 aromatic heterocycles. The lowest BCUT2D eigenvalue weighted by Crippen LogP contribution is -2.47. The maximum atomic E-state index is 12.1. The Balaban J connectivity index is 1.17. The van der Waals surface area contributed by atoms with Crippen molar-refractivity contribution in [3.63, 3.8) is 0 Å². The van der Waals surface area contributed by atoms with Crippen LogP contribution in [0.2, 0.25) is 5.02 Å². The summed E-state index contributed by atoms with van der Waals surface area (Å²) in [5.41, 5.74) is 1.37. The Morgan fingerprint density at radius 1 is 0.667 bits per heavy atom. The Bertz CT molecular complexity index is 852. The molecule has 1 heterocycles. The van der Waals surface area contributed by atoms with Gasteiger partial charge in [0.05, 0.1) is 0 Å². The molecular formula is C26H35ClN4O2. The van der Waals surface area contributed by atoms with Crippen LogP contribution in [0.25, 0.3) is 0 Å². The fraction of sp³-hybridized carbons (Fsp3) is 0.462. The second-order valence-corrected chi connectivity index (χ2v) is 8.92. The van der Waals surface area contributed by atoms with E-state index in [4.69, 9.17) is 11.6 Å². The molecule has 7 heteroatoms. The van der Waals surface area contributed by atoms with Crippen LogP contribution in [0.4, 0.5) is 0 Å². The predicted octanol–water partition coefficient (Wildman–Crippen LogP) is 3.68. The first kappa shape index (κ1) is 25.2. The van der Waals surface area contributed by atoms with Gasteiger partial charge in [-0.2, -0.15) is 0 Å². The molecule has 2 aromatic carbocycles. The first-order chi connectivity index (χ1) is 16.1. The van der Waals surface area contributed by atoms with E-state index in [2.05, 4.69) is 20.4 Å². The molecule has 0 aliphatic carbocycles. The molecule has 0 radical (unpaired) electrons. The molecule has 2 aromatic rings. The van der Waals surface area contributed by atoms with Gasteiger partial charge in [-0.1, -0.05) is 36.2 Å². The van der Waals surface area contributed by atoms with Crippen molar-refractivity contribution in [3.05, 3.63) is 70.7 Å². The summed E-state index contributed by atoms with van der Waals surface area (Å²) in [4.78, 5) is 29.1. The molecule has 178 valence electrons. The predicted molar refractivity (Wildman–Crippen MR) is 134 cm³/mol. The fourth-order valence-electron chi connectivity index (χ4n) is 3.98. The van der Waals surface area contributed by atoms with Crippen molar-refractivity contribution in [2.45, 2.75) is 25.7 Å². The van der Waals surface area contributed by atoms with Crippen LogP contribution in [0, 0.1) is 0 Å². The van der Waals surface area contributed by atoms with Gasteiger partial charge in [0.1, 0.15) is 0 Å². The SMILES string of the molecule is O=C(NCCCCCN1CCN(CCCNC(=O)c2ccccc2)CC1)c1ccc(Cl)cc1. The van der Waals surface area contributed by atoms with Gasteiger partial charge in [0, 0.05) is 55.4 Å². The normalized spacial score (nSPS) is 14.7. The van der Waals surface area contributed by atoms with E-state index >= 15 is 0 Å². The van der Waals surface area contributed by atoms with Crippen LogP contribution in [0.15, 0.2) is 54.6 Å². The van der Waals surface area contributed by atoms with Gasteiger partial charge >= 0.3 is 0 Å². The lowest BCUT2D eigenvalue weighted by molar-refractivity contribution is 0.0940. The van der Waals surface area contributed by atoms with Crippen molar-refractivity contribution in [2.24, 2.45) is 0 Å². The quantitative estimate of drug-likeness (QED) is 0.464. The standard InChI is InChI=1S/C26H35ClN4O2/c27-24-12-10-23(11-13-24)26(33)28-14-5-2-6-16-30-18-20-31(21-19-30)17-7-15-29-25(32)22-8-3-1-4-9-22/h1,3-4,8-13H,2,5-7,14-21H2,(H,28,33)(H,29,32). The lowest BCUT2D eigenvalue weighted by Gasteiger charge is -2.34. The van der Waals surface area contributed by atoms with Crippen molar-refractivity contribution in [2.75, 3.05) is 52.4 Å². The number of piperazine rings is 1. The minimum absolute atomic E-state index is 0.00460. The third-order valence-electron chi connectivity index (χ3n) is 5.98. The molecule has 1 aliphatic rings. The smallest absolute Gasteiger partial charge is 0.251 e. The van der Waals surface area contributed by atoms with Crippen molar-refractivity contribution in [1.82, 2.24) is 20.4 Å². The molecule has 1 saturated heterocycles. The first-order valence-corrected chi connectivity index (χ1v) is 12.3. The van der Waals surface area contributed by atoms with Crippen LogP contribution in [0.1, 0.15) is 46.4 Å². The zero-order chi connectivity index (χ0) is 23.3. The highest BCUT2D eigenvalue weighted by Crippen LogP contribution is 2.09. The van der Waals surface area contributed by atoms with Gasteiger partial charge in [-0.05, 0) is 68.8 Å². The average Bonchev–Trinajstić information content (AvgIpc) is 2.85. The monoisotopic (exact) mass is 470 g/mol. The van der Waals surface area contributed by atoms with Crippen LogP contribution in [-0.4, -0.2) is 74.0 Å². The lowest BCUT2D eigenvalue weighted by atomic mass is 10.2. The zero-order valence-electron chi connectivity index (χ0n) is 19.3. The molecule has 1 aliphatic heterocycles. The van der Waals surface area contributed by atoms with E-state index in [1.165, 1.54) is 0 Å². The van der Waals surface area contributed by atoms with E-state index < -0.39 is 0 Å². The van der Waals surface area contributed by atoms with Gasteiger partial charge in [0.15, 0.2) is 0 Å². The topological polar surface area (TPSA) is 64.7 Å². The van der Waals surface area contributed by atoms with E-state index in [1.54, 1.807) is 24.3 Å². The third-order valence-corrected chi connectivity index (χ3v) is 6.23. The van der Waals surface area contributed by atoms with Crippen LogP contribution in [0.3, 0.4) is 0 Å². The molecule has 0 unspecified atom stereocenters. The fourth-order valence-corrected chi connectivity index (χ4v) is 4.10. The molecule has 0 saturated carbocycles. The summed E-state index contributed by atoms with van der Waals surface area (Å²) in [6.45, 7) is 7.93. The van der Waals surface area contributed by atoms with Crippen molar-refractivity contribution >= 4 is 23.4 Å². The number of nitrogens with one attached hydrogen (secondary N) is 2. The maximum absolute atomic E-state index is 12.1. The number of hydrogen-bond acceptors (Lipinski definition) is 4. The number of amides is 2. The molecule has 2 amide bonds. The number of nitrogens with zero attached hydrogens (tertiary/aromatic N) is 2. The second kappa shape index (κ2) is 14.0. The summed E-state index contributed by atoms with van der Waals surface area (Å²) in [7, 11) is 0. The summed E-state index contributed by atoms with van der Waals surface area (Å²) in [6, 6.07) is 16.3. The number of halogens is 1. The molecule has 0 atom stereocenters. The van der Waals surface area contributed by atoms with E-state index in [0.29, 0.717) is 23.7 Å². The van der Waals surface area contributed by atoms with Gasteiger partial charge in [-0.3, -0.25) is 9.59 Å². The zero-order valence-corrected chi connectivity index (χ0v) is 20.0. The highest BCUT2D eigenvalue weighted by Gasteiger charge is 2.16. The van der Waals surface area contributed by atoms with Gasteiger partial charge in [-0.15, -0.1) is 0 Å². The summed E-state index contributed by atoms with van der Waals surface area (Å²) in [5.74, 6) is -0.0348. The minimum Gasteiger partial charge on any atom is -0.352 e. The van der Waals surface area contributed by atoms with E-state index in [9.17, 15) is 9.59 Å². The number of benzene rings is 2. The van der Waals surface area contributed by atoms with Crippen LogP contribution >= 0.6 is 11.6 Å². The van der Waals surface area contributed by atoms with E-state index in [-0.39, 0.29) is 11.8 Å². The number of unbranched alkanes of at least 4 members (excludes halogenated alkanes) is 2. The summed E-state index contributed by atoms with van der Waals surface area (Å²) in [5, 5.41) is 6.62. The van der Waals surface area contributed by atoms with Crippen LogP contribution < -0.4 is 10.6 Å². The molecule has 0 spiro atoms. The Kier molecular flexibility index (Phi) is 10.7. The summed E-state index contributed by atoms with van der Waals surface area (Å²) < 4.78 is 0. The van der Waals surface area contributed by atoms with Crippen molar-refractivity contribution in [1.29, 1.82) is 0 Å². The van der Waals surface area contributed by atoms with E-state index in [1.807, 2.05) is 30.3 Å². The Morgan fingerprint density at radius 2 is 1.18 bits per heavy atom. The molecular weight excluding hydrogens is 436 g/mol. The molecule has 1 fully saturated rings. The third kappa shape index (κ3) is 9.16. The van der Waals surface area contributed by atoms with Crippen LogP contribution in [-0.2, 0) is 0 Å². The van der Waals surface area contributed by atoms with Gasteiger partial charge < -0.3 is 20.4 Å². The van der Waals surface area contributed by atoms with Crippen LogP contribution in [0.5, 0.6) is 0 Å². The molecule has 2 N–H and O–H groups in total. The van der Waals surface area contributed by atoms with Gasteiger partial charge in [0.2, 0.25) is 0 Å². The van der Waals surface area contributed by atoms with Gasteiger partial charge in [0.25, 0.3) is 11.8 Å². The van der Waals surface area contributed by atoms with Crippen molar-refractivity contribution in [3.8, 4) is 0 Å². The Morgan fingerprint density at radius 3 is 1.79 bits per heavy atom. The number of carbonyl (C=O) groups is 2. The Hall–Kier alpha value is -2.41. The highest BCUT2D eigenvalue weighted by atomic mass is 35.5. The molecule has 33 heavy (non-hydrogen) atoms. The largest absolute Gasteiger partial charge is 0.352 e. The summed E-state index contributed by atoms with van der Waals surface area (Å²) in [6.07, 6.45) is 4.23. The Labute approximate surface area is 202 Å². The maximum Gasteiger partial charge on any atom is 0.251 e. The van der Waals surface area contributed by atoms with Gasteiger partial charge in [-0.25, -0.2) is 0 Å². The minimum atomic E-state index is -0.0394. The summed E-state index contributed by atoms with van der Waals surface area (Å²) >= 11 is 5.86. The second-order valence-electron chi connectivity index (χ2n) is 8.48. The van der Waals surface area contributed by atoms with Crippen molar-refractivity contribution < 1.29 is 9.59 Å². The number of rotatable bonds is 12. The first-order valence-electron chi connectivity index (χ1n) is 11.9. The molecule has 0 bridgehead atoms. The molecule has 3 rings (SSSR count).